The van der Waals surface area contributed by atoms with Crippen molar-refractivity contribution in [2.24, 2.45) is 0 Å². The fraction of sp³-hybridized carbons (Fsp3) is 0.647. The fourth-order valence-electron chi connectivity index (χ4n) is 2.66. The van der Waals surface area contributed by atoms with Crippen molar-refractivity contribution in [3.63, 3.8) is 0 Å². The molecule has 112 valence electrons. The van der Waals surface area contributed by atoms with Crippen molar-refractivity contribution >= 4 is 0 Å². The maximum absolute atomic E-state index is 6.11. The molecule has 1 atom stereocenters. The van der Waals surface area contributed by atoms with E-state index in [9.17, 15) is 0 Å². The van der Waals surface area contributed by atoms with E-state index in [2.05, 4.69) is 63.3 Å². The van der Waals surface area contributed by atoms with Crippen molar-refractivity contribution in [3.05, 3.63) is 29.3 Å². The molecule has 0 spiro atoms. The van der Waals surface area contributed by atoms with Crippen molar-refractivity contribution in [3.8, 4) is 5.75 Å². The summed E-state index contributed by atoms with van der Waals surface area (Å²) in [5.41, 5.74) is 2.56. The molecule has 0 bridgehead atoms. The van der Waals surface area contributed by atoms with Crippen molar-refractivity contribution in [1.82, 2.24) is 10.2 Å². The van der Waals surface area contributed by atoms with E-state index in [-0.39, 0.29) is 5.60 Å². The van der Waals surface area contributed by atoms with E-state index >= 15 is 0 Å². The first kappa shape index (κ1) is 15.3. The zero-order valence-electron chi connectivity index (χ0n) is 13.5. The SMILES string of the molecule is CC(CCN(C)C)NCc1cccc2c1OC(C)(C)C2. The van der Waals surface area contributed by atoms with Gasteiger partial charge in [0.1, 0.15) is 11.4 Å². The Balaban J connectivity index is 1.93. The molecule has 3 heteroatoms. The number of benzene rings is 1. The number of fused-ring (bicyclic) bond motifs is 1. The van der Waals surface area contributed by atoms with E-state index in [1.54, 1.807) is 0 Å². The zero-order valence-corrected chi connectivity index (χ0v) is 13.5. The third-order valence-electron chi connectivity index (χ3n) is 3.82. The predicted molar refractivity (Wildman–Crippen MR) is 84.3 cm³/mol. The molecule has 1 aliphatic rings. The van der Waals surface area contributed by atoms with E-state index in [1.165, 1.54) is 11.1 Å². The fourth-order valence-corrected chi connectivity index (χ4v) is 2.66. The average Bonchev–Trinajstić information content (AvgIpc) is 2.68. The van der Waals surface area contributed by atoms with Crippen LogP contribution in [-0.4, -0.2) is 37.2 Å². The third kappa shape index (κ3) is 3.97. The Kier molecular flexibility index (Phi) is 4.71. The first-order valence-electron chi connectivity index (χ1n) is 7.55. The van der Waals surface area contributed by atoms with Crippen LogP contribution in [0.2, 0.25) is 0 Å². The number of ether oxygens (including phenoxy) is 1. The molecule has 2 rings (SSSR count). The quantitative estimate of drug-likeness (QED) is 0.864. The molecule has 1 N–H and O–H groups in total. The zero-order chi connectivity index (χ0) is 14.8. The summed E-state index contributed by atoms with van der Waals surface area (Å²) < 4.78 is 6.11. The molecule has 0 saturated heterocycles. The summed E-state index contributed by atoms with van der Waals surface area (Å²) in [5.74, 6) is 1.10. The van der Waals surface area contributed by atoms with Gasteiger partial charge in [0.25, 0.3) is 0 Å². The van der Waals surface area contributed by atoms with Gasteiger partial charge in [-0.3, -0.25) is 0 Å². The van der Waals surface area contributed by atoms with Crippen molar-refractivity contribution in [2.75, 3.05) is 20.6 Å². The largest absolute Gasteiger partial charge is 0.487 e. The normalized spacial score (nSPS) is 17.9. The summed E-state index contributed by atoms with van der Waals surface area (Å²) in [6.45, 7) is 8.56. The second-order valence-electron chi connectivity index (χ2n) is 6.82. The van der Waals surface area contributed by atoms with E-state index in [0.29, 0.717) is 6.04 Å². The molecule has 1 aromatic carbocycles. The highest BCUT2D eigenvalue weighted by Crippen LogP contribution is 2.37. The number of nitrogens with one attached hydrogen (secondary N) is 1. The molecule has 0 aliphatic carbocycles. The van der Waals surface area contributed by atoms with Gasteiger partial charge in [-0.2, -0.15) is 0 Å². The van der Waals surface area contributed by atoms with E-state index in [4.69, 9.17) is 4.74 Å². The van der Waals surface area contributed by atoms with Gasteiger partial charge in [0.05, 0.1) is 0 Å². The summed E-state index contributed by atoms with van der Waals surface area (Å²) in [5, 5.41) is 3.60. The second-order valence-corrected chi connectivity index (χ2v) is 6.82. The molecule has 3 nitrogen and oxygen atoms in total. The Morgan fingerprint density at radius 3 is 2.80 bits per heavy atom. The standard InChI is InChI=1S/C17H28N2O/c1-13(9-10-19(4)5)18-12-15-8-6-7-14-11-17(2,3)20-16(14)15/h6-8,13,18H,9-12H2,1-5H3. The molecular weight excluding hydrogens is 248 g/mol. The van der Waals surface area contributed by atoms with E-state index in [0.717, 1.165) is 31.7 Å². The first-order chi connectivity index (χ1) is 9.37. The van der Waals surface area contributed by atoms with E-state index in [1.807, 2.05) is 0 Å². The van der Waals surface area contributed by atoms with Crippen LogP contribution in [0.5, 0.6) is 5.75 Å². The van der Waals surface area contributed by atoms with Gasteiger partial charge in [-0.15, -0.1) is 0 Å². The summed E-state index contributed by atoms with van der Waals surface area (Å²) in [6, 6.07) is 7.02. The molecular formula is C17H28N2O. The minimum absolute atomic E-state index is 0.0605. The Bertz CT molecular complexity index is 454. The third-order valence-corrected chi connectivity index (χ3v) is 3.82. The van der Waals surface area contributed by atoms with Crippen LogP contribution in [0, 0.1) is 0 Å². The molecule has 1 aliphatic heterocycles. The monoisotopic (exact) mass is 276 g/mol. The molecule has 0 saturated carbocycles. The van der Waals surface area contributed by atoms with Gasteiger partial charge in [-0.1, -0.05) is 18.2 Å². The lowest BCUT2D eigenvalue weighted by Gasteiger charge is -2.20. The lowest BCUT2D eigenvalue weighted by Crippen LogP contribution is -2.29. The van der Waals surface area contributed by atoms with Crippen molar-refractivity contribution in [1.29, 1.82) is 0 Å². The van der Waals surface area contributed by atoms with Crippen LogP contribution >= 0.6 is 0 Å². The highest BCUT2D eigenvalue weighted by molar-refractivity contribution is 5.45. The lowest BCUT2D eigenvalue weighted by atomic mass is 10.0. The summed E-state index contributed by atoms with van der Waals surface area (Å²) in [4.78, 5) is 2.23. The molecule has 1 aromatic rings. The number of hydrogen-bond donors (Lipinski definition) is 1. The molecule has 20 heavy (non-hydrogen) atoms. The molecule has 0 amide bonds. The minimum atomic E-state index is -0.0605. The lowest BCUT2D eigenvalue weighted by molar-refractivity contribution is 0.137. The van der Waals surface area contributed by atoms with Crippen molar-refractivity contribution in [2.45, 2.75) is 51.8 Å². The minimum Gasteiger partial charge on any atom is -0.487 e. The maximum atomic E-state index is 6.11. The van der Waals surface area contributed by atoms with Crippen LogP contribution < -0.4 is 10.1 Å². The molecule has 0 fully saturated rings. The topological polar surface area (TPSA) is 24.5 Å². The van der Waals surface area contributed by atoms with E-state index < -0.39 is 0 Å². The number of para-hydroxylation sites is 1. The number of nitrogens with zero attached hydrogens (tertiary/aromatic N) is 1. The van der Waals surface area contributed by atoms with Gasteiger partial charge in [-0.05, 0) is 53.4 Å². The second kappa shape index (κ2) is 6.15. The van der Waals surface area contributed by atoms with Gasteiger partial charge < -0.3 is 15.0 Å². The van der Waals surface area contributed by atoms with Crippen LogP contribution in [-0.2, 0) is 13.0 Å². The smallest absolute Gasteiger partial charge is 0.127 e. The van der Waals surface area contributed by atoms with Gasteiger partial charge in [0, 0.05) is 24.6 Å². The summed E-state index contributed by atoms with van der Waals surface area (Å²) in [7, 11) is 4.24. The van der Waals surface area contributed by atoms with Crippen LogP contribution in [0.1, 0.15) is 38.3 Å². The molecule has 0 radical (unpaired) electrons. The van der Waals surface area contributed by atoms with Gasteiger partial charge in [0.15, 0.2) is 0 Å². The van der Waals surface area contributed by atoms with Gasteiger partial charge >= 0.3 is 0 Å². The molecule has 1 unspecified atom stereocenters. The summed E-state index contributed by atoms with van der Waals surface area (Å²) in [6.07, 6.45) is 2.17. The summed E-state index contributed by atoms with van der Waals surface area (Å²) >= 11 is 0. The Morgan fingerprint density at radius 1 is 1.35 bits per heavy atom. The van der Waals surface area contributed by atoms with Crippen LogP contribution in [0.4, 0.5) is 0 Å². The highest BCUT2D eigenvalue weighted by atomic mass is 16.5. The van der Waals surface area contributed by atoms with Gasteiger partial charge in [0.2, 0.25) is 0 Å². The maximum Gasteiger partial charge on any atom is 0.127 e. The number of hydrogen-bond acceptors (Lipinski definition) is 3. The number of rotatable bonds is 6. The van der Waals surface area contributed by atoms with Gasteiger partial charge in [-0.25, -0.2) is 0 Å². The van der Waals surface area contributed by atoms with Crippen molar-refractivity contribution < 1.29 is 4.74 Å². The highest BCUT2D eigenvalue weighted by Gasteiger charge is 2.31. The average molecular weight is 276 g/mol. The first-order valence-corrected chi connectivity index (χ1v) is 7.55. The molecule has 1 heterocycles. The molecule has 0 aromatic heterocycles. The van der Waals surface area contributed by atoms with Crippen LogP contribution in [0.3, 0.4) is 0 Å². The Labute approximate surface area is 123 Å². The van der Waals surface area contributed by atoms with Crippen LogP contribution in [0.25, 0.3) is 0 Å². The Morgan fingerprint density at radius 2 is 2.10 bits per heavy atom. The van der Waals surface area contributed by atoms with Crippen LogP contribution in [0.15, 0.2) is 18.2 Å². The Hall–Kier alpha value is -1.06. The predicted octanol–water partition coefficient (Wildman–Crippen LogP) is 2.83.